The number of carboxylic acid groups (broad SMARTS) is 1. The van der Waals surface area contributed by atoms with E-state index in [-0.39, 0.29) is 11.7 Å². The number of carbonyl (C=O) groups is 1. The number of rotatable bonds is 9. The number of carboxylic acids is 1. The molecule has 0 bridgehead atoms. The molecule has 8 heteroatoms. The third-order valence-corrected chi connectivity index (χ3v) is 7.78. The van der Waals surface area contributed by atoms with Gasteiger partial charge in [-0.3, -0.25) is 4.79 Å². The molecule has 186 valence electrons. The van der Waals surface area contributed by atoms with Crippen molar-refractivity contribution in [1.82, 2.24) is 4.98 Å². The summed E-state index contributed by atoms with van der Waals surface area (Å²) in [5.41, 5.74) is 3.97. The normalized spacial score (nSPS) is 15.4. The minimum Gasteiger partial charge on any atom is -0.497 e. The van der Waals surface area contributed by atoms with Crippen LogP contribution in [0.25, 0.3) is 10.2 Å². The van der Waals surface area contributed by atoms with Crippen LogP contribution in [-0.4, -0.2) is 42.8 Å². The fourth-order valence-electron chi connectivity index (χ4n) is 4.61. The Bertz CT molecular complexity index is 1360. The van der Waals surface area contributed by atoms with Crippen LogP contribution >= 0.6 is 11.3 Å². The van der Waals surface area contributed by atoms with Crippen LogP contribution in [-0.2, 0) is 17.8 Å². The van der Waals surface area contributed by atoms with Crippen molar-refractivity contribution in [3.63, 3.8) is 0 Å². The SMILES string of the molecule is COc1ccc(CCN(Cc2cccc(N3CCC(C(=O)O)C3)c2)c2nc3cccc(F)c3s2)cc1. The fraction of sp³-hybridized carbons (Fsp3) is 0.286. The third-order valence-electron chi connectivity index (χ3n) is 6.64. The maximum Gasteiger partial charge on any atom is 0.308 e. The van der Waals surface area contributed by atoms with Gasteiger partial charge in [0.1, 0.15) is 11.6 Å². The Morgan fingerprint density at radius 2 is 1.97 bits per heavy atom. The van der Waals surface area contributed by atoms with Gasteiger partial charge in [0.25, 0.3) is 0 Å². The number of ether oxygens (including phenoxy) is 1. The Morgan fingerprint density at radius 1 is 1.17 bits per heavy atom. The number of hydrogen-bond donors (Lipinski definition) is 1. The van der Waals surface area contributed by atoms with Gasteiger partial charge in [0.05, 0.1) is 23.2 Å². The minimum absolute atomic E-state index is 0.254. The van der Waals surface area contributed by atoms with Gasteiger partial charge in [0.2, 0.25) is 0 Å². The second-order valence-corrected chi connectivity index (χ2v) is 10.0. The van der Waals surface area contributed by atoms with Crippen molar-refractivity contribution in [3.05, 3.63) is 83.7 Å². The van der Waals surface area contributed by atoms with Crippen molar-refractivity contribution in [3.8, 4) is 5.75 Å². The summed E-state index contributed by atoms with van der Waals surface area (Å²) >= 11 is 1.37. The first-order valence-electron chi connectivity index (χ1n) is 12.0. The number of hydrogen-bond acceptors (Lipinski definition) is 6. The average Bonchev–Trinajstić information content (AvgIpc) is 3.56. The molecule has 5 rings (SSSR count). The van der Waals surface area contributed by atoms with Gasteiger partial charge in [-0.1, -0.05) is 41.7 Å². The number of benzene rings is 3. The molecule has 36 heavy (non-hydrogen) atoms. The average molecular weight is 506 g/mol. The summed E-state index contributed by atoms with van der Waals surface area (Å²) in [7, 11) is 1.65. The quantitative estimate of drug-likeness (QED) is 0.319. The molecule has 1 fully saturated rings. The number of nitrogens with zero attached hydrogens (tertiary/aromatic N) is 3. The van der Waals surface area contributed by atoms with E-state index in [9.17, 15) is 14.3 Å². The van der Waals surface area contributed by atoms with Crippen LogP contribution < -0.4 is 14.5 Å². The molecule has 0 saturated carbocycles. The molecule has 4 aromatic rings. The third kappa shape index (κ3) is 5.28. The molecule has 0 aliphatic carbocycles. The van der Waals surface area contributed by atoms with Gasteiger partial charge < -0.3 is 19.6 Å². The maximum atomic E-state index is 14.4. The summed E-state index contributed by atoms with van der Waals surface area (Å²) in [6.45, 7) is 2.58. The molecular formula is C28H28FN3O3S. The van der Waals surface area contributed by atoms with Crippen LogP contribution in [0.15, 0.2) is 66.7 Å². The van der Waals surface area contributed by atoms with Crippen molar-refractivity contribution in [2.75, 3.05) is 36.5 Å². The zero-order valence-electron chi connectivity index (χ0n) is 20.1. The summed E-state index contributed by atoms with van der Waals surface area (Å²) in [5, 5.41) is 10.1. The molecule has 1 atom stereocenters. The lowest BCUT2D eigenvalue weighted by atomic mass is 10.1. The topological polar surface area (TPSA) is 65.9 Å². The predicted molar refractivity (Wildman–Crippen MR) is 142 cm³/mol. The summed E-state index contributed by atoms with van der Waals surface area (Å²) in [6.07, 6.45) is 1.46. The number of aromatic nitrogens is 1. The molecule has 1 unspecified atom stereocenters. The van der Waals surface area contributed by atoms with Crippen molar-refractivity contribution in [2.45, 2.75) is 19.4 Å². The highest BCUT2D eigenvalue weighted by molar-refractivity contribution is 7.22. The molecular weight excluding hydrogens is 477 g/mol. The van der Waals surface area contributed by atoms with E-state index in [0.717, 1.165) is 35.1 Å². The van der Waals surface area contributed by atoms with E-state index < -0.39 is 5.97 Å². The van der Waals surface area contributed by atoms with Crippen LogP contribution in [0, 0.1) is 11.7 Å². The molecule has 1 saturated heterocycles. The van der Waals surface area contributed by atoms with Crippen LogP contribution in [0.4, 0.5) is 15.2 Å². The Kier molecular flexibility index (Phi) is 7.04. The van der Waals surface area contributed by atoms with E-state index in [1.165, 1.54) is 23.0 Å². The van der Waals surface area contributed by atoms with Crippen LogP contribution in [0.2, 0.25) is 0 Å². The molecule has 0 radical (unpaired) electrons. The molecule has 3 aromatic carbocycles. The van der Waals surface area contributed by atoms with Crippen molar-refractivity contribution in [2.24, 2.45) is 5.92 Å². The van der Waals surface area contributed by atoms with E-state index in [0.29, 0.717) is 36.3 Å². The Hall–Kier alpha value is -3.65. The van der Waals surface area contributed by atoms with Gasteiger partial charge in [-0.15, -0.1) is 0 Å². The summed E-state index contributed by atoms with van der Waals surface area (Å²) in [5.74, 6) is -0.495. The van der Waals surface area contributed by atoms with Gasteiger partial charge in [0, 0.05) is 31.9 Å². The van der Waals surface area contributed by atoms with Crippen molar-refractivity contribution >= 4 is 38.3 Å². The maximum absolute atomic E-state index is 14.4. The molecule has 1 aromatic heterocycles. The molecule has 6 nitrogen and oxygen atoms in total. The number of fused-ring (bicyclic) bond motifs is 1. The Balaban J connectivity index is 1.39. The van der Waals surface area contributed by atoms with E-state index in [2.05, 4.69) is 34.1 Å². The van der Waals surface area contributed by atoms with E-state index >= 15 is 0 Å². The largest absolute Gasteiger partial charge is 0.497 e. The monoisotopic (exact) mass is 505 g/mol. The number of aliphatic carboxylic acids is 1. The molecule has 1 aliphatic heterocycles. The second-order valence-electron chi connectivity index (χ2n) is 9.04. The Morgan fingerprint density at radius 3 is 2.69 bits per heavy atom. The summed E-state index contributed by atoms with van der Waals surface area (Å²) in [6, 6.07) is 21.3. The first-order chi connectivity index (χ1) is 17.5. The van der Waals surface area contributed by atoms with E-state index in [4.69, 9.17) is 9.72 Å². The van der Waals surface area contributed by atoms with Crippen molar-refractivity contribution < 1.29 is 19.0 Å². The summed E-state index contributed by atoms with van der Waals surface area (Å²) < 4.78 is 20.3. The summed E-state index contributed by atoms with van der Waals surface area (Å²) in [4.78, 5) is 20.5. The lowest BCUT2D eigenvalue weighted by molar-refractivity contribution is -0.140. The fourth-order valence-corrected chi connectivity index (χ4v) is 5.60. The van der Waals surface area contributed by atoms with Crippen LogP contribution in [0.5, 0.6) is 5.75 Å². The lowest BCUT2D eigenvalue weighted by Crippen LogP contribution is -2.26. The highest BCUT2D eigenvalue weighted by Gasteiger charge is 2.28. The number of thiazole rings is 1. The smallest absolute Gasteiger partial charge is 0.308 e. The van der Waals surface area contributed by atoms with E-state index in [1.807, 2.05) is 30.3 Å². The highest BCUT2D eigenvalue weighted by atomic mass is 32.1. The lowest BCUT2D eigenvalue weighted by Gasteiger charge is -2.24. The van der Waals surface area contributed by atoms with Gasteiger partial charge >= 0.3 is 5.97 Å². The van der Waals surface area contributed by atoms with Crippen molar-refractivity contribution in [1.29, 1.82) is 0 Å². The number of methoxy groups -OCH3 is 1. The first-order valence-corrected chi connectivity index (χ1v) is 12.8. The van der Waals surface area contributed by atoms with Gasteiger partial charge in [-0.25, -0.2) is 9.37 Å². The van der Waals surface area contributed by atoms with Gasteiger partial charge in [-0.05, 0) is 60.4 Å². The van der Waals surface area contributed by atoms with E-state index in [1.54, 1.807) is 13.2 Å². The number of halogens is 1. The standard InChI is InChI=1S/C28H28FN3O3S/c1-35-23-10-8-19(9-11-23)12-14-32(28-30-25-7-3-6-24(29)26(25)36-28)17-20-4-2-5-22(16-20)31-15-13-21(18-31)27(33)34/h2-11,16,21H,12-15,17-18H2,1H3,(H,33,34). The Labute approximate surface area is 213 Å². The zero-order valence-corrected chi connectivity index (χ0v) is 20.9. The van der Waals surface area contributed by atoms with Crippen LogP contribution in [0.3, 0.4) is 0 Å². The molecule has 0 amide bonds. The molecule has 0 spiro atoms. The van der Waals surface area contributed by atoms with Gasteiger partial charge in [-0.2, -0.15) is 0 Å². The second kappa shape index (κ2) is 10.5. The predicted octanol–water partition coefficient (Wildman–Crippen LogP) is 5.60. The molecule has 2 heterocycles. The molecule has 1 N–H and O–H groups in total. The minimum atomic E-state index is -0.735. The van der Waals surface area contributed by atoms with Crippen LogP contribution in [0.1, 0.15) is 17.5 Å². The first kappa shape index (κ1) is 24.1. The highest BCUT2D eigenvalue weighted by Crippen LogP contribution is 2.32. The number of anilines is 2. The van der Waals surface area contributed by atoms with Gasteiger partial charge in [0.15, 0.2) is 5.13 Å². The zero-order chi connectivity index (χ0) is 25.1. The molecule has 1 aliphatic rings.